The first kappa shape index (κ1) is 15.3. The Morgan fingerprint density at radius 3 is 2.52 bits per heavy atom. The highest BCUT2D eigenvalue weighted by Crippen LogP contribution is 2.27. The van der Waals surface area contributed by atoms with Gasteiger partial charge in [-0.25, -0.2) is 0 Å². The van der Waals surface area contributed by atoms with E-state index in [0.717, 1.165) is 36.7 Å². The smallest absolute Gasteiger partial charge is 0.161 e. The summed E-state index contributed by atoms with van der Waals surface area (Å²) in [5, 5.41) is 0. The van der Waals surface area contributed by atoms with Crippen molar-refractivity contribution in [2.75, 3.05) is 27.8 Å². The van der Waals surface area contributed by atoms with Gasteiger partial charge in [0.15, 0.2) is 11.5 Å². The number of hydrogen-bond acceptors (Lipinski definition) is 3. The quantitative estimate of drug-likeness (QED) is 0.835. The second kappa shape index (κ2) is 7.64. The van der Waals surface area contributed by atoms with Gasteiger partial charge in [0.2, 0.25) is 0 Å². The van der Waals surface area contributed by atoms with Crippen LogP contribution in [0.25, 0.3) is 0 Å². The molecule has 1 N–H and O–H groups in total. The fourth-order valence-corrected chi connectivity index (χ4v) is 2.31. The van der Waals surface area contributed by atoms with Crippen molar-refractivity contribution in [1.82, 2.24) is 4.98 Å². The number of quaternary nitrogens is 1. The molecular weight excluding hydrogens is 264 g/mol. The predicted octanol–water partition coefficient (Wildman–Crippen LogP) is 1.36. The summed E-state index contributed by atoms with van der Waals surface area (Å²) in [6.45, 7) is 2.00. The lowest BCUT2D eigenvalue weighted by molar-refractivity contribution is -0.893. The van der Waals surface area contributed by atoms with Crippen molar-refractivity contribution in [3.8, 4) is 11.5 Å². The molecule has 0 aliphatic rings. The molecule has 0 fully saturated rings. The van der Waals surface area contributed by atoms with Crippen molar-refractivity contribution < 1.29 is 14.4 Å². The van der Waals surface area contributed by atoms with E-state index >= 15 is 0 Å². The maximum Gasteiger partial charge on any atom is 0.161 e. The minimum Gasteiger partial charge on any atom is -0.493 e. The zero-order valence-electron chi connectivity index (χ0n) is 12.9. The Hall–Kier alpha value is -2.07. The van der Waals surface area contributed by atoms with Crippen LogP contribution in [0.4, 0.5) is 0 Å². The van der Waals surface area contributed by atoms with Gasteiger partial charge in [0.1, 0.15) is 6.54 Å². The molecule has 4 heteroatoms. The molecule has 0 aliphatic carbocycles. The van der Waals surface area contributed by atoms with Crippen molar-refractivity contribution in [3.05, 3.63) is 53.9 Å². The first-order valence-corrected chi connectivity index (χ1v) is 7.15. The van der Waals surface area contributed by atoms with Crippen LogP contribution in [0.5, 0.6) is 11.5 Å². The van der Waals surface area contributed by atoms with E-state index in [4.69, 9.17) is 9.47 Å². The van der Waals surface area contributed by atoms with Gasteiger partial charge in [0.05, 0.1) is 27.8 Å². The fourth-order valence-electron chi connectivity index (χ4n) is 2.31. The van der Waals surface area contributed by atoms with Crippen molar-refractivity contribution in [3.63, 3.8) is 0 Å². The summed E-state index contributed by atoms with van der Waals surface area (Å²) in [6, 6.07) is 12.1. The Labute approximate surface area is 126 Å². The fraction of sp³-hybridized carbons (Fsp3) is 0.353. The molecule has 1 aromatic heterocycles. The Morgan fingerprint density at radius 2 is 1.86 bits per heavy atom. The predicted molar refractivity (Wildman–Crippen MR) is 82.9 cm³/mol. The van der Waals surface area contributed by atoms with Crippen LogP contribution in [0.1, 0.15) is 11.3 Å². The van der Waals surface area contributed by atoms with E-state index in [1.165, 1.54) is 10.5 Å². The van der Waals surface area contributed by atoms with Gasteiger partial charge in [-0.2, -0.15) is 0 Å². The van der Waals surface area contributed by atoms with E-state index in [2.05, 4.69) is 24.2 Å². The van der Waals surface area contributed by atoms with Gasteiger partial charge in [0.25, 0.3) is 0 Å². The second-order valence-electron chi connectivity index (χ2n) is 5.14. The number of nitrogens with zero attached hydrogens (tertiary/aromatic N) is 1. The summed E-state index contributed by atoms with van der Waals surface area (Å²) < 4.78 is 10.6. The van der Waals surface area contributed by atoms with Gasteiger partial charge < -0.3 is 14.4 Å². The second-order valence-corrected chi connectivity index (χ2v) is 5.14. The number of likely N-dealkylation sites (N-methyl/N-ethyl adjacent to an activating group) is 1. The summed E-state index contributed by atoms with van der Waals surface area (Å²) in [6.07, 6.45) is 2.83. The van der Waals surface area contributed by atoms with E-state index in [9.17, 15) is 0 Å². The largest absolute Gasteiger partial charge is 0.493 e. The number of nitrogens with one attached hydrogen (secondary N) is 1. The zero-order chi connectivity index (χ0) is 15.1. The minimum absolute atomic E-state index is 0.771. The van der Waals surface area contributed by atoms with Crippen molar-refractivity contribution in [1.29, 1.82) is 0 Å². The van der Waals surface area contributed by atoms with E-state index in [-0.39, 0.29) is 0 Å². The molecule has 0 bridgehead atoms. The number of aromatic nitrogens is 1. The summed E-state index contributed by atoms with van der Waals surface area (Å²) >= 11 is 0. The monoisotopic (exact) mass is 287 g/mol. The van der Waals surface area contributed by atoms with Gasteiger partial charge in [-0.05, 0) is 30.3 Å². The Morgan fingerprint density at radius 1 is 1.05 bits per heavy atom. The van der Waals surface area contributed by atoms with Crippen LogP contribution in [0, 0.1) is 0 Å². The molecule has 0 amide bonds. The molecule has 0 spiro atoms. The van der Waals surface area contributed by atoms with Gasteiger partial charge in [-0.3, -0.25) is 4.98 Å². The maximum atomic E-state index is 5.34. The number of methoxy groups -OCH3 is 2. The molecule has 0 saturated carbocycles. The molecule has 2 aromatic rings. The third kappa shape index (κ3) is 4.46. The summed E-state index contributed by atoms with van der Waals surface area (Å²) in [4.78, 5) is 5.80. The average Bonchev–Trinajstić information content (AvgIpc) is 2.53. The lowest BCUT2D eigenvalue weighted by Crippen LogP contribution is -3.07. The number of benzene rings is 1. The minimum atomic E-state index is 0.771. The Kier molecular flexibility index (Phi) is 5.58. The summed E-state index contributed by atoms with van der Waals surface area (Å²) in [5.41, 5.74) is 2.38. The third-order valence-corrected chi connectivity index (χ3v) is 3.49. The van der Waals surface area contributed by atoms with Crippen LogP contribution < -0.4 is 14.4 Å². The molecule has 1 aromatic carbocycles. The van der Waals surface area contributed by atoms with Crippen LogP contribution >= 0.6 is 0 Å². The molecule has 0 aliphatic heterocycles. The van der Waals surface area contributed by atoms with Gasteiger partial charge >= 0.3 is 0 Å². The number of hydrogen-bond donors (Lipinski definition) is 1. The Bertz CT molecular complexity index is 558. The molecule has 1 atom stereocenters. The standard InChI is InChI=1S/C17H22N2O2/c1-19(11-9-15-6-4-5-10-18-15)13-14-7-8-16(20-2)17(12-14)21-3/h4-8,10,12H,9,11,13H2,1-3H3/p+1. The van der Waals surface area contributed by atoms with Crippen LogP contribution in [0.3, 0.4) is 0 Å². The molecule has 112 valence electrons. The Balaban J connectivity index is 1.91. The van der Waals surface area contributed by atoms with Crippen molar-refractivity contribution >= 4 is 0 Å². The van der Waals surface area contributed by atoms with Crippen molar-refractivity contribution in [2.24, 2.45) is 0 Å². The van der Waals surface area contributed by atoms with E-state index < -0.39 is 0 Å². The maximum absolute atomic E-state index is 5.34. The normalized spacial score (nSPS) is 12.0. The van der Waals surface area contributed by atoms with Crippen LogP contribution in [-0.4, -0.2) is 32.8 Å². The lowest BCUT2D eigenvalue weighted by atomic mass is 10.2. The highest BCUT2D eigenvalue weighted by atomic mass is 16.5. The first-order chi connectivity index (χ1) is 10.2. The topological polar surface area (TPSA) is 35.8 Å². The number of rotatable bonds is 7. The molecule has 21 heavy (non-hydrogen) atoms. The highest BCUT2D eigenvalue weighted by molar-refractivity contribution is 5.42. The lowest BCUT2D eigenvalue weighted by Gasteiger charge is -2.15. The molecule has 4 nitrogen and oxygen atoms in total. The van der Waals surface area contributed by atoms with Crippen molar-refractivity contribution in [2.45, 2.75) is 13.0 Å². The summed E-state index contributed by atoms with van der Waals surface area (Å²) in [7, 11) is 5.51. The van der Waals surface area contributed by atoms with E-state index in [0.29, 0.717) is 0 Å². The molecule has 0 saturated heterocycles. The van der Waals surface area contributed by atoms with E-state index in [1.807, 2.05) is 30.5 Å². The molecule has 1 unspecified atom stereocenters. The highest BCUT2D eigenvalue weighted by Gasteiger charge is 2.09. The molecule has 0 radical (unpaired) electrons. The summed E-state index contributed by atoms with van der Waals surface area (Å²) in [5.74, 6) is 1.56. The van der Waals surface area contributed by atoms with Crippen LogP contribution in [0.15, 0.2) is 42.6 Å². The van der Waals surface area contributed by atoms with Gasteiger partial charge in [-0.15, -0.1) is 0 Å². The number of pyridine rings is 1. The van der Waals surface area contributed by atoms with Crippen LogP contribution in [0.2, 0.25) is 0 Å². The molecule has 2 rings (SSSR count). The first-order valence-electron chi connectivity index (χ1n) is 7.15. The molecular formula is C17H23N2O2+. The van der Waals surface area contributed by atoms with Gasteiger partial charge in [-0.1, -0.05) is 6.07 Å². The zero-order valence-corrected chi connectivity index (χ0v) is 12.9. The SMILES string of the molecule is COc1ccc(C[NH+](C)CCc2ccccn2)cc1OC. The third-order valence-electron chi connectivity index (χ3n) is 3.49. The number of ether oxygens (including phenoxy) is 2. The average molecular weight is 287 g/mol. The van der Waals surface area contributed by atoms with Gasteiger partial charge in [0, 0.05) is 23.9 Å². The molecule has 1 heterocycles. The van der Waals surface area contributed by atoms with E-state index in [1.54, 1.807) is 14.2 Å². The van der Waals surface area contributed by atoms with Crippen LogP contribution in [-0.2, 0) is 13.0 Å².